The highest BCUT2D eigenvalue weighted by molar-refractivity contribution is 7.89. The van der Waals surface area contributed by atoms with Gasteiger partial charge in [0.25, 0.3) is 0 Å². The first kappa shape index (κ1) is 25.4. The van der Waals surface area contributed by atoms with E-state index in [9.17, 15) is 8.42 Å². The van der Waals surface area contributed by atoms with Crippen LogP contribution in [0.3, 0.4) is 0 Å². The lowest BCUT2D eigenvalue weighted by Crippen LogP contribution is -2.50. The van der Waals surface area contributed by atoms with Gasteiger partial charge in [-0.25, -0.2) is 13.4 Å². The third kappa shape index (κ3) is 6.41. The average molecular weight is 549 g/mol. The summed E-state index contributed by atoms with van der Waals surface area (Å²) in [4.78, 5) is 4.58. The molecule has 0 spiro atoms. The number of alkyl halides is 2. The van der Waals surface area contributed by atoms with E-state index >= 15 is 0 Å². The molecular weight excluding hydrogens is 529 g/mol. The van der Waals surface area contributed by atoms with Crippen LogP contribution in [0.5, 0.6) is 0 Å². The molecule has 1 unspecified atom stereocenters. The van der Waals surface area contributed by atoms with Gasteiger partial charge in [-0.05, 0) is 42.3 Å². The molecule has 3 rings (SSSR count). The Bertz CT molecular complexity index is 1220. The Kier molecular flexibility index (Phi) is 8.54. The minimum atomic E-state index is -4.01. The Hall–Kier alpha value is -1.26. The van der Waals surface area contributed by atoms with E-state index in [1.54, 1.807) is 24.3 Å². The van der Waals surface area contributed by atoms with Gasteiger partial charge in [-0.3, -0.25) is 0 Å². The van der Waals surface area contributed by atoms with Crippen molar-refractivity contribution in [3.05, 3.63) is 80.8 Å². The van der Waals surface area contributed by atoms with Crippen molar-refractivity contribution in [3.63, 3.8) is 0 Å². The van der Waals surface area contributed by atoms with Crippen molar-refractivity contribution in [1.29, 1.82) is 0 Å². The summed E-state index contributed by atoms with van der Waals surface area (Å²) in [5.74, 6) is 0. The van der Waals surface area contributed by atoms with E-state index in [1.807, 2.05) is 19.1 Å². The van der Waals surface area contributed by atoms with Crippen LogP contribution >= 0.6 is 58.4 Å². The second-order valence-electron chi connectivity index (χ2n) is 6.87. The van der Waals surface area contributed by atoms with Crippen LogP contribution in [0.2, 0.25) is 5.02 Å². The van der Waals surface area contributed by atoms with Crippen molar-refractivity contribution < 1.29 is 8.42 Å². The fourth-order valence-electron chi connectivity index (χ4n) is 2.87. The number of nitrogens with zero attached hydrogens (tertiary/aromatic N) is 1. The van der Waals surface area contributed by atoms with Gasteiger partial charge in [0.05, 0.1) is 8.72 Å². The first-order chi connectivity index (χ1) is 15.1. The van der Waals surface area contributed by atoms with Crippen LogP contribution < -0.4 is 10.0 Å². The molecule has 0 amide bonds. The standard InChI is InChI=1S/C21H20Cl3N3O2S3/c1-2-6-16-13-18(30)31-20(25-16)26-19(21(23,24)14-7-4-3-5-8-14)27-32(28,29)17-11-9-15(22)10-12-17/h3-5,7-13,19,27H,2,6H2,1H3,(H,25,26). The summed E-state index contributed by atoms with van der Waals surface area (Å²) in [6.07, 6.45) is 0.462. The highest BCUT2D eigenvalue weighted by Crippen LogP contribution is 2.38. The van der Waals surface area contributed by atoms with Crippen molar-refractivity contribution in [1.82, 2.24) is 9.71 Å². The lowest BCUT2D eigenvalue weighted by Gasteiger charge is -2.31. The molecule has 11 heteroatoms. The largest absolute Gasteiger partial charge is 0.342 e. The van der Waals surface area contributed by atoms with Gasteiger partial charge in [-0.2, -0.15) is 4.72 Å². The van der Waals surface area contributed by atoms with Crippen LogP contribution in [-0.2, 0) is 20.8 Å². The molecule has 0 bridgehead atoms. The van der Waals surface area contributed by atoms with Crippen LogP contribution in [0.1, 0.15) is 24.6 Å². The minimum absolute atomic E-state index is 0.0196. The molecule has 170 valence electrons. The van der Waals surface area contributed by atoms with Gasteiger partial charge in [0.15, 0.2) is 9.46 Å². The van der Waals surface area contributed by atoms with Gasteiger partial charge in [-0.1, -0.05) is 102 Å². The molecule has 2 N–H and O–H groups in total. The summed E-state index contributed by atoms with van der Waals surface area (Å²) in [5, 5.41) is 3.88. The molecule has 1 aromatic heterocycles. The van der Waals surface area contributed by atoms with Crippen LogP contribution in [0.4, 0.5) is 5.13 Å². The quantitative estimate of drug-likeness (QED) is 0.181. The monoisotopic (exact) mass is 547 g/mol. The summed E-state index contributed by atoms with van der Waals surface area (Å²) in [7, 11) is -4.01. The molecule has 0 radical (unpaired) electrons. The number of nitrogens with one attached hydrogen (secondary N) is 2. The van der Waals surface area contributed by atoms with Gasteiger partial charge in [0.2, 0.25) is 10.0 Å². The molecule has 5 nitrogen and oxygen atoms in total. The third-order valence-electron chi connectivity index (χ3n) is 4.42. The molecule has 0 aliphatic rings. The van der Waals surface area contributed by atoms with E-state index in [0.29, 0.717) is 19.5 Å². The summed E-state index contributed by atoms with van der Waals surface area (Å²) in [5.41, 5.74) is 1.31. The Morgan fingerprint density at radius 3 is 2.41 bits per heavy atom. The molecule has 3 aromatic rings. The molecule has 0 saturated carbocycles. The van der Waals surface area contributed by atoms with Gasteiger partial charge < -0.3 is 5.32 Å². The fourth-order valence-corrected chi connectivity index (χ4v) is 5.87. The van der Waals surface area contributed by atoms with Crippen molar-refractivity contribution >= 4 is 73.5 Å². The van der Waals surface area contributed by atoms with Crippen molar-refractivity contribution in [2.75, 3.05) is 5.32 Å². The zero-order valence-corrected chi connectivity index (χ0v) is 21.6. The maximum absolute atomic E-state index is 13.1. The van der Waals surface area contributed by atoms with Crippen molar-refractivity contribution in [3.8, 4) is 0 Å². The van der Waals surface area contributed by atoms with Crippen molar-refractivity contribution in [2.24, 2.45) is 0 Å². The van der Waals surface area contributed by atoms with Crippen LogP contribution in [0, 0.1) is 3.82 Å². The maximum Gasteiger partial charge on any atom is 0.242 e. The summed E-state index contributed by atoms with van der Waals surface area (Å²) in [6.45, 7) is 2.04. The Balaban J connectivity index is 2.02. The molecule has 0 saturated heterocycles. The number of sulfonamides is 1. The SMILES string of the molecule is CCCc1cc(=S)sc(NC(NS(=O)(=O)c2ccc(Cl)cc2)C(Cl)(Cl)c2ccccc2)n1. The topological polar surface area (TPSA) is 71.1 Å². The Morgan fingerprint density at radius 2 is 1.78 bits per heavy atom. The van der Waals surface area contributed by atoms with E-state index in [1.165, 1.54) is 35.6 Å². The normalized spacial score (nSPS) is 13.0. The van der Waals surface area contributed by atoms with Gasteiger partial charge in [0, 0.05) is 10.7 Å². The molecule has 1 atom stereocenters. The van der Waals surface area contributed by atoms with E-state index in [4.69, 9.17) is 47.0 Å². The Morgan fingerprint density at radius 1 is 1.12 bits per heavy atom. The molecule has 1 heterocycles. The predicted octanol–water partition coefficient (Wildman–Crippen LogP) is 6.53. The second-order valence-corrected chi connectivity index (χ2v) is 12.1. The highest BCUT2D eigenvalue weighted by atomic mass is 35.5. The van der Waals surface area contributed by atoms with Crippen LogP contribution in [0.15, 0.2) is 65.6 Å². The second kappa shape index (κ2) is 10.8. The lowest BCUT2D eigenvalue weighted by molar-refractivity contribution is 0.546. The number of rotatable bonds is 9. The van der Waals surface area contributed by atoms with E-state index in [-0.39, 0.29) is 4.90 Å². The van der Waals surface area contributed by atoms with Gasteiger partial charge >= 0.3 is 0 Å². The summed E-state index contributed by atoms with van der Waals surface area (Å²) >= 11 is 25.9. The molecule has 0 aliphatic carbocycles. The minimum Gasteiger partial charge on any atom is -0.342 e. The Labute approximate surface area is 211 Å². The molecule has 0 aliphatic heterocycles. The highest BCUT2D eigenvalue weighted by Gasteiger charge is 2.40. The first-order valence-corrected chi connectivity index (χ1v) is 13.4. The predicted molar refractivity (Wildman–Crippen MR) is 136 cm³/mol. The maximum atomic E-state index is 13.1. The zero-order valence-electron chi connectivity index (χ0n) is 16.9. The third-order valence-corrected chi connectivity index (χ3v) is 8.07. The first-order valence-electron chi connectivity index (χ1n) is 9.60. The number of hydrogen-bond donors (Lipinski definition) is 2. The zero-order chi connectivity index (χ0) is 23.4. The smallest absolute Gasteiger partial charge is 0.242 e. The number of hydrogen-bond acceptors (Lipinski definition) is 6. The summed E-state index contributed by atoms with van der Waals surface area (Å²) < 4.78 is 27.7. The number of aryl methyl sites for hydroxylation is 1. The van der Waals surface area contributed by atoms with Crippen molar-refractivity contribution in [2.45, 2.75) is 35.2 Å². The number of anilines is 1. The van der Waals surface area contributed by atoms with Crippen LogP contribution in [-0.4, -0.2) is 19.6 Å². The summed E-state index contributed by atoms with van der Waals surface area (Å²) in [6, 6.07) is 16.4. The molecule has 32 heavy (non-hydrogen) atoms. The fraction of sp³-hybridized carbons (Fsp3) is 0.238. The van der Waals surface area contributed by atoms with Crippen LogP contribution in [0.25, 0.3) is 0 Å². The van der Waals surface area contributed by atoms with Gasteiger partial charge in [-0.15, -0.1) is 0 Å². The molecular formula is C21H20Cl3N3O2S3. The number of benzene rings is 2. The lowest BCUT2D eigenvalue weighted by atomic mass is 10.1. The van der Waals surface area contributed by atoms with Gasteiger partial charge in [0.1, 0.15) is 6.17 Å². The number of aromatic nitrogens is 1. The van der Waals surface area contributed by atoms with E-state index in [2.05, 4.69) is 15.0 Å². The average Bonchev–Trinajstić information content (AvgIpc) is 2.74. The number of halogens is 3. The molecule has 0 fully saturated rings. The van der Waals surface area contributed by atoms with E-state index < -0.39 is 20.5 Å². The van der Waals surface area contributed by atoms with E-state index in [0.717, 1.165) is 18.5 Å². The molecule has 2 aromatic carbocycles.